The van der Waals surface area contributed by atoms with Crippen molar-refractivity contribution in [3.8, 4) is 28.0 Å². The van der Waals surface area contributed by atoms with Crippen molar-refractivity contribution in [3.05, 3.63) is 65.2 Å². The number of carbonyl (C=O) groups is 1. The van der Waals surface area contributed by atoms with E-state index in [2.05, 4.69) is 4.98 Å². The maximum atomic E-state index is 13.3. The second kappa shape index (κ2) is 7.04. The standard InChI is InChI=1S/C21H20FNO3/c1-12-9-16(25-3)10-13(2)18(12)19-17(11-23-20(19)21(24)26-4)14-5-7-15(22)8-6-14/h5-11,23H,1-4H3. The summed E-state index contributed by atoms with van der Waals surface area (Å²) in [6.45, 7) is 3.93. The van der Waals surface area contributed by atoms with Crippen LogP contribution >= 0.6 is 0 Å². The Morgan fingerprint density at radius 2 is 1.62 bits per heavy atom. The molecule has 26 heavy (non-hydrogen) atoms. The van der Waals surface area contributed by atoms with Crippen LogP contribution < -0.4 is 4.74 Å². The average molecular weight is 353 g/mol. The van der Waals surface area contributed by atoms with Crippen LogP contribution in [0.1, 0.15) is 21.6 Å². The number of aromatic amines is 1. The highest BCUT2D eigenvalue weighted by atomic mass is 19.1. The maximum absolute atomic E-state index is 13.3. The number of hydrogen-bond acceptors (Lipinski definition) is 3. The van der Waals surface area contributed by atoms with Crippen molar-refractivity contribution >= 4 is 5.97 Å². The minimum Gasteiger partial charge on any atom is -0.497 e. The predicted octanol–water partition coefficient (Wildman–Crippen LogP) is 4.90. The zero-order chi connectivity index (χ0) is 18.8. The van der Waals surface area contributed by atoms with Gasteiger partial charge in [-0.2, -0.15) is 0 Å². The lowest BCUT2D eigenvalue weighted by Gasteiger charge is -2.15. The Labute approximate surface area is 151 Å². The summed E-state index contributed by atoms with van der Waals surface area (Å²) in [4.78, 5) is 15.3. The van der Waals surface area contributed by atoms with Gasteiger partial charge in [0.25, 0.3) is 0 Å². The molecule has 0 unspecified atom stereocenters. The first kappa shape index (κ1) is 17.7. The van der Waals surface area contributed by atoms with Crippen LogP contribution in [-0.2, 0) is 4.74 Å². The number of hydrogen-bond donors (Lipinski definition) is 1. The number of benzene rings is 2. The SMILES string of the molecule is COC(=O)c1[nH]cc(-c2ccc(F)cc2)c1-c1c(C)cc(OC)cc1C. The third-order valence-electron chi connectivity index (χ3n) is 4.42. The van der Waals surface area contributed by atoms with Crippen LogP contribution in [0.25, 0.3) is 22.3 Å². The fourth-order valence-corrected chi connectivity index (χ4v) is 3.24. The minimum absolute atomic E-state index is 0.309. The van der Waals surface area contributed by atoms with E-state index in [9.17, 15) is 9.18 Å². The Morgan fingerprint density at radius 1 is 1.00 bits per heavy atom. The molecule has 4 nitrogen and oxygen atoms in total. The summed E-state index contributed by atoms with van der Waals surface area (Å²) >= 11 is 0. The molecule has 1 aromatic heterocycles. The van der Waals surface area contributed by atoms with Gasteiger partial charge < -0.3 is 14.5 Å². The number of esters is 1. The molecule has 0 aliphatic heterocycles. The minimum atomic E-state index is -0.456. The van der Waals surface area contributed by atoms with Crippen molar-refractivity contribution in [1.82, 2.24) is 4.98 Å². The van der Waals surface area contributed by atoms with Crippen molar-refractivity contribution in [2.45, 2.75) is 13.8 Å². The van der Waals surface area contributed by atoms with Gasteiger partial charge >= 0.3 is 5.97 Å². The second-order valence-electron chi connectivity index (χ2n) is 6.09. The first-order valence-electron chi connectivity index (χ1n) is 8.17. The van der Waals surface area contributed by atoms with Gasteiger partial charge in [-0.15, -0.1) is 0 Å². The number of rotatable bonds is 4. The van der Waals surface area contributed by atoms with Crippen molar-refractivity contribution in [1.29, 1.82) is 0 Å². The van der Waals surface area contributed by atoms with E-state index < -0.39 is 5.97 Å². The Kier molecular flexibility index (Phi) is 4.80. The molecule has 0 aliphatic rings. The molecule has 1 heterocycles. The zero-order valence-electron chi connectivity index (χ0n) is 15.1. The highest BCUT2D eigenvalue weighted by molar-refractivity contribution is 6.02. The maximum Gasteiger partial charge on any atom is 0.355 e. The molecule has 0 saturated heterocycles. The Morgan fingerprint density at radius 3 is 2.15 bits per heavy atom. The number of ether oxygens (including phenoxy) is 2. The fraction of sp³-hybridized carbons (Fsp3) is 0.190. The van der Waals surface area contributed by atoms with Gasteiger partial charge in [0.1, 0.15) is 17.3 Å². The van der Waals surface area contributed by atoms with E-state index >= 15 is 0 Å². The number of aryl methyl sites for hydroxylation is 2. The molecule has 0 bridgehead atoms. The fourth-order valence-electron chi connectivity index (χ4n) is 3.24. The van der Waals surface area contributed by atoms with Gasteiger partial charge in [-0.05, 0) is 60.4 Å². The molecule has 0 saturated carbocycles. The number of halogens is 1. The van der Waals surface area contributed by atoms with Crippen LogP contribution in [0.3, 0.4) is 0 Å². The van der Waals surface area contributed by atoms with Crippen LogP contribution in [0, 0.1) is 19.7 Å². The van der Waals surface area contributed by atoms with Gasteiger partial charge in [0.15, 0.2) is 0 Å². The quantitative estimate of drug-likeness (QED) is 0.679. The van der Waals surface area contributed by atoms with Crippen LogP contribution in [0.5, 0.6) is 5.75 Å². The van der Waals surface area contributed by atoms with Gasteiger partial charge in [0, 0.05) is 17.3 Å². The summed E-state index contributed by atoms with van der Waals surface area (Å²) in [5.41, 5.74) is 5.57. The normalized spacial score (nSPS) is 10.7. The summed E-state index contributed by atoms with van der Waals surface area (Å²) < 4.78 is 23.6. The number of methoxy groups -OCH3 is 2. The molecule has 2 aromatic carbocycles. The zero-order valence-corrected chi connectivity index (χ0v) is 15.1. The average Bonchev–Trinajstić information content (AvgIpc) is 3.05. The van der Waals surface area contributed by atoms with Crippen LogP contribution in [0.4, 0.5) is 4.39 Å². The molecule has 3 rings (SSSR count). The van der Waals surface area contributed by atoms with Crippen LogP contribution in [0.2, 0.25) is 0 Å². The highest BCUT2D eigenvalue weighted by Gasteiger charge is 2.23. The first-order valence-corrected chi connectivity index (χ1v) is 8.17. The highest BCUT2D eigenvalue weighted by Crippen LogP contribution is 2.40. The molecule has 0 amide bonds. The topological polar surface area (TPSA) is 51.3 Å². The first-order chi connectivity index (χ1) is 12.5. The van der Waals surface area contributed by atoms with Gasteiger partial charge in [-0.25, -0.2) is 9.18 Å². The smallest absolute Gasteiger partial charge is 0.355 e. The van der Waals surface area contributed by atoms with E-state index in [0.29, 0.717) is 5.69 Å². The molecular weight excluding hydrogens is 333 g/mol. The molecule has 0 spiro atoms. The molecule has 5 heteroatoms. The van der Waals surface area contributed by atoms with Gasteiger partial charge in [0.05, 0.1) is 14.2 Å². The molecule has 0 radical (unpaired) electrons. The van der Waals surface area contributed by atoms with E-state index in [1.165, 1.54) is 19.2 Å². The Bertz CT molecular complexity index is 935. The molecule has 134 valence electrons. The second-order valence-corrected chi connectivity index (χ2v) is 6.09. The van der Waals surface area contributed by atoms with Gasteiger partial charge in [-0.1, -0.05) is 12.1 Å². The van der Waals surface area contributed by atoms with E-state index in [1.807, 2.05) is 26.0 Å². The Hall–Kier alpha value is -3.08. The summed E-state index contributed by atoms with van der Waals surface area (Å²) in [6.07, 6.45) is 1.75. The molecular formula is C21H20FNO3. The summed E-state index contributed by atoms with van der Waals surface area (Å²) in [5, 5.41) is 0. The van der Waals surface area contributed by atoms with Crippen molar-refractivity contribution in [3.63, 3.8) is 0 Å². The number of aromatic nitrogens is 1. The van der Waals surface area contributed by atoms with E-state index in [4.69, 9.17) is 9.47 Å². The van der Waals surface area contributed by atoms with Crippen molar-refractivity contribution in [2.75, 3.05) is 14.2 Å². The molecule has 0 aliphatic carbocycles. The summed E-state index contributed by atoms with van der Waals surface area (Å²) in [6, 6.07) is 10.0. The third kappa shape index (κ3) is 3.08. The number of nitrogens with one attached hydrogen (secondary N) is 1. The van der Waals surface area contributed by atoms with E-state index in [-0.39, 0.29) is 5.82 Å². The molecule has 3 aromatic rings. The molecule has 0 atom stereocenters. The van der Waals surface area contributed by atoms with E-state index in [0.717, 1.165) is 39.1 Å². The lowest BCUT2D eigenvalue weighted by atomic mass is 9.90. The van der Waals surface area contributed by atoms with Crippen LogP contribution in [0.15, 0.2) is 42.6 Å². The lowest BCUT2D eigenvalue weighted by molar-refractivity contribution is 0.0596. The van der Waals surface area contributed by atoms with E-state index in [1.54, 1.807) is 25.4 Å². The molecule has 0 fully saturated rings. The predicted molar refractivity (Wildman–Crippen MR) is 99.0 cm³/mol. The monoisotopic (exact) mass is 353 g/mol. The molecule has 1 N–H and O–H groups in total. The summed E-state index contributed by atoms with van der Waals surface area (Å²) in [7, 11) is 2.96. The van der Waals surface area contributed by atoms with Crippen LogP contribution in [-0.4, -0.2) is 25.2 Å². The van der Waals surface area contributed by atoms with Gasteiger partial charge in [-0.3, -0.25) is 0 Å². The largest absolute Gasteiger partial charge is 0.497 e. The third-order valence-corrected chi connectivity index (χ3v) is 4.42. The van der Waals surface area contributed by atoms with Crippen molar-refractivity contribution in [2.24, 2.45) is 0 Å². The summed E-state index contributed by atoms with van der Waals surface area (Å²) in [5.74, 6) is -0.0129. The van der Waals surface area contributed by atoms with Gasteiger partial charge in [0.2, 0.25) is 0 Å². The number of carbonyl (C=O) groups excluding carboxylic acids is 1. The lowest BCUT2D eigenvalue weighted by Crippen LogP contribution is -2.05. The Balaban J connectivity index is 2.30. The van der Waals surface area contributed by atoms with Crippen molar-refractivity contribution < 1.29 is 18.7 Å². The number of H-pyrrole nitrogens is 1.